The van der Waals surface area contributed by atoms with Crippen molar-refractivity contribution in [1.29, 1.82) is 0 Å². The Balaban J connectivity index is 2.18. The van der Waals surface area contributed by atoms with Crippen LogP contribution < -0.4 is 5.32 Å². The van der Waals surface area contributed by atoms with Gasteiger partial charge in [0.25, 0.3) is 5.91 Å². The molecular weight excluding hydrogens is 254 g/mol. The van der Waals surface area contributed by atoms with Crippen molar-refractivity contribution in [2.75, 3.05) is 5.32 Å². The maximum Gasteiger partial charge on any atom is 0.265 e. The summed E-state index contributed by atoms with van der Waals surface area (Å²) in [6.07, 6.45) is 0.980. The smallest absolute Gasteiger partial charge is 0.265 e. The first-order valence-electron chi connectivity index (χ1n) is 6.49. The summed E-state index contributed by atoms with van der Waals surface area (Å²) in [6.45, 7) is 8.29. The summed E-state index contributed by atoms with van der Waals surface area (Å²) in [5.41, 5.74) is 4.49. The standard InChI is InChI=1S/C16H19NOS/c1-5-14-12(4)9-15(19-14)16(18)17-13-7-6-10(2)11(3)8-13/h6-9H,5H2,1-4H3,(H,17,18). The van der Waals surface area contributed by atoms with Gasteiger partial charge >= 0.3 is 0 Å². The van der Waals surface area contributed by atoms with Crippen LogP contribution in [-0.4, -0.2) is 5.91 Å². The van der Waals surface area contributed by atoms with Crippen molar-refractivity contribution in [1.82, 2.24) is 0 Å². The average molecular weight is 273 g/mol. The number of nitrogens with one attached hydrogen (secondary N) is 1. The third kappa shape index (κ3) is 3.04. The summed E-state index contributed by atoms with van der Waals surface area (Å²) < 4.78 is 0. The van der Waals surface area contributed by atoms with Gasteiger partial charge in [-0.3, -0.25) is 4.79 Å². The van der Waals surface area contributed by atoms with Crippen LogP contribution in [0, 0.1) is 20.8 Å². The van der Waals surface area contributed by atoms with E-state index >= 15 is 0 Å². The number of amides is 1. The molecule has 0 atom stereocenters. The lowest BCUT2D eigenvalue weighted by atomic mass is 10.1. The Bertz CT molecular complexity index is 613. The Morgan fingerprint density at radius 2 is 1.84 bits per heavy atom. The van der Waals surface area contributed by atoms with Crippen LogP contribution >= 0.6 is 11.3 Å². The van der Waals surface area contributed by atoms with Gasteiger partial charge in [-0.2, -0.15) is 0 Å². The van der Waals surface area contributed by atoms with Gasteiger partial charge in [-0.15, -0.1) is 11.3 Å². The number of carbonyl (C=O) groups is 1. The topological polar surface area (TPSA) is 29.1 Å². The maximum atomic E-state index is 12.2. The van der Waals surface area contributed by atoms with Crippen molar-refractivity contribution in [2.24, 2.45) is 0 Å². The average Bonchev–Trinajstić information content (AvgIpc) is 2.75. The van der Waals surface area contributed by atoms with Gasteiger partial charge in [0, 0.05) is 10.6 Å². The molecule has 0 saturated heterocycles. The van der Waals surface area contributed by atoms with E-state index in [2.05, 4.69) is 33.0 Å². The van der Waals surface area contributed by atoms with E-state index in [4.69, 9.17) is 0 Å². The molecule has 1 amide bonds. The number of hydrogen-bond acceptors (Lipinski definition) is 2. The van der Waals surface area contributed by atoms with Gasteiger partial charge in [0.2, 0.25) is 0 Å². The fourth-order valence-electron chi connectivity index (χ4n) is 1.99. The second-order valence-electron chi connectivity index (χ2n) is 4.82. The highest BCUT2D eigenvalue weighted by Crippen LogP contribution is 2.23. The van der Waals surface area contributed by atoms with E-state index in [1.165, 1.54) is 21.6 Å². The van der Waals surface area contributed by atoms with Gasteiger partial charge in [-0.05, 0) is 62.1 Å². The molecule has 0 unspecified atom stereocenters. The Hall–Kier alpha value is -1.61. The molecule has 19 heavy (non-hydrogen) atoms. The van der Waals surface area contributed by atoms with Gasteiger partial charge in [-0.1, -0.05) is 13.0 Å². The SMILES string of the molecule is CCc1sc(C(=O)Nc2ccc(C)c(C)c2)cc1C. The first kappa shape index (κ1) is 13.8. The van der Waals surface area contributed by atoms with Crippen LogP contribution in [0.15, 0.2) is 24.3 Å². The van der Waals surface area contributed by atoms with Crippen LogP contribution in [0.3, 0.4) is 0 Å². The van der Waals surface area contributed by atoms with Crippen molar-refractivity contribution < 1.29 is 4.79 Å². The molecule has 0 aliphatic heterocycles. The minimum atomic E-state index is -0.0175. The summed E-state index contributed by atoms with van der Waals surface area (Å²) >= 11 is 1.58. The number of carbonyl (C=O) groups excluding carboxylic acids is 1. The lowest BCUT2D eigenvalue weighted by molar-refractivity contribution is 0.103. The van der Waals surface area contributed by atoms with Gasteiger partial charge in [0.15, 0.2) is 0 Å². The summed E-state index contributed by atoms with van der Waals surface area (Å²) in [5, 5.41) is 2.96. The zero-order valence-corrected chi connectivity index (χ0v) is 12.6. The Labute approximate surface area is 118 Å². The third-order valence-corrected chi connectivity index (χ3v) is 4.71. The molecule has 1 aromatic heterocycles. The molecule has 1 aromatic carbocycles. The molecule has 1 heterocycles. The van der Waals surface area contributed by atoms with Crippen LogP contribution in [0.25, 0.3) is 0 Å². The molecular formula is C16H19NOS. The molecule has 3 heteroatoms. The van der Waals surface area contributed by atoms with Crippen LogP contribution in [0.1, 0.15) is 38.2 Å². The Morgan fingerprint density at radius 1 is 1.11 bits per heavy atom. The van der Waals surface area contributed by atoms with Gasteiger partial charge in [-0.25, -0.2) is 0 Å². The van der Waals surface area contributed by atoms with Crippen LogP contribution in [0.2, 0.25) is 0 Å². The highest BCUT2D eigenvalue weighted by molar-refractivity contribution is 7.14. The summed E-state index contributed by atoms with van der Waals surface area (Å²) in [5.74, 6) is -0.0175. The van der Waals surface area contributed by atoms with E-state index in [0.717, 1.165) is 17.0 Å². The largest absolute Gasteiger partial charge is 0.321 e. The van der Waals surface area contributed by atoms with Crippen LogP contribution in [0.4, 0.5) is 5.69 Å². The Kier molecular flexibility index (Phi) is 4.05. The summed E-state index contributed by atoms with van der Waals surface area (Å²) in [6, 6.07) is 7.96. The number of anilines is 1. The molecule has 1 N–H and O–H groups in total. The number of benzene rings is 1. The van der Waals surface area contributed by atoms with Crippen LogP contribution in [-0.2, 0) is 6.42 Å². The lowest BCUT2D eigenvalue weighted by Gasteiger charge is -2.06. The highest BCUT2D eigenvalue weighted by Gasteiger charge is 2.12. The number of thiophene rings is 1. The van der Waals surface area contributed by atoms with Crippen LogP contribution in [0.5, 0.6) is 0 Å². The quantitative estimate of drug-likeness (QED) is 0.877. The van der Waals surface area contributed by atoms with Gasteiger partial charge in [0.05, 0.1) is 4.88 Å². The monoisotopic (exact) mass is 273 g/mol. The van der Waals surface area contributed by atoms with Gasteiger partial charge < -0.3 is 5.32 Å². The molecule has 0 fully saturated rings. The first-order chi connectivity index (χ1) is 9.01. The van der Waals surface area contributed by atoms with E-state index in [1.54, 1.807) is 11.3 Å². The van der Waals surface area contributed by atoms with E-state index < -0.39 is 0 Å². The van der Waals surface area contributed by atoms with E-state index in [0.29, 0.717) is 0 Å². The Morgan fingerprint density at radius 3 is 2.42 bits per heavy atom. The van der Waals surface area contributed by atoms with Crippen molar-refractivity contribution in [3.05, 3.63) is 50.7 Å². The molecule has 100 valence electrons. The fourth-order valence-corrected chi connectivity index (χ4v) is 3.00. The predicted octanol–water partition coefficient (Wildman–Crippen LogP) is 4.49. The second-order valence-corrected chi connectivity index (χ2v) is 5.96. The van der Waals surface area contributed by atoms with E-state index in [1.807, 2.05) is 24.3 Å². The zero-order chi connectivity index (χ0) is 14.0. The molecule has 0 bridgehead atoms. The lowest BCUT2D eigenvalue weighted by Crippen LogP contribution is -2.10. The zero-order valence-electron chi connectivity index (χ0n) is 11.8. The number of aryl methyl sites for hydroxylation is 4. The maximum absolute atomic E-state index is 12.2. The van der Waals surface area contributed by atoms with E-state index in [9.17, 15) is 4.79 Å². The van der Waals surface area contributed by atoms with Crippen molar-refractivity contribution in [3.63, 3.8) is 0 Å². The molecule has 0 spiro atoms. The van der Waals surface area contributed by atoms with Gasteiger partial charge in [0.1, 0.15) is 0 Å². The summed E-state index contributed by atoms with van der Waals surface area (Å²) in [7, 11) is 0. The highest BCUT2D eigenvalue weighted by atomic mass is 32.1. The molecule has 0 radical (unpaired) electrons. The number of rotatable bonds is 3. The second kappa shape index (κ2) is 5.57. The molecule has 2 rings (SSSR count). The number of hydrogen-bond donors (Lipinski definition) is 1. The minimum absolute atomic E-state index is 0.0175. The first-order valence-corrected chi connectivity index (χ1v) is 7.30. The third-order valence-electron chi connectivity index (χ3n) is 3.33. The molecule has 2 aromatic rings. The molecule has 2 nitrogen and oxygen atoms in total. The normalized spacial score (nSPS) is 10.5. The molecule has 0 aliphatic carbocycles. The fraction of sp³-hybridized carbons (Fsp3) is 0.312. The molecule has 0 saturated carbocycles. The molecule has 0 aliphatic rings. The minimum Gasteiger partial charge on any atom is -0.321 e. The van der Waals surface area contributed by atoms with Crippen molar-refractivity contribution in [3.8, 4) is 0 Å². The van der Waals surface area contributed by atoms with Crippen molar-refractivity contribution in [2.45, 2.75) is 34.1 Å². The van der Waals surface area contributed by atoms with Crippen molar-refractivity contribution >= 4 is 22.9 Å². The van der Waals surface area contributed by atoms with E-state index in [-0.39, 0.29) is 5.91 Å². The predicted molar refractivity (Wildman–Crippen MR) is 82.3 cm³/mol. The summed E-state index contributed by atoms with van der Waals surface area (Å²) in [4.78, 5) is 14.3.